The fourth-order valence-electron chi connectivity index (χ4n) is 3.85. The average Bonchev–Trinajstić information content (AvgIpc) is 3.43. The number of morpholine rings is 1. The van der Waals surface area contributed by atoms with E-state index in [-0.39, 0.29) is 17.3 Å². The first-order valence-electron chi connectivity index (χ1n) is 10.1. The van der Waals surface area contributed by atoms with E-state index in [4.69, 9.17) is 4.74 Å². The fourth-order valence-corrected chi connectivity index (χ4v) is 3.85. The Morgan fingerprint density at radius 1 is 1.33 bits per heavy atom. The Hall–Kier alpha value is -1.66. The van der Waals surface area contributed by atoms with Gasteiger partial charge in [-0.05, 0) is 30.4 Å². The predicted octanol–water partition coefficient (Wildman–Crippen LogP) is 2.38. The topological polar surface area (TPSA) is 48.9 Å². The van der Waals surface area contributed by atoms with Gasteiger partial charge >= 0.3 is 0 Å². The van der Waals surface area contributed by atoms with Crippen LogP contribution in [-0.2, 0) is 10.2 Å². The lowest BCUT2D eigenvalue weighted by Gasteiger charge is -2.34. The zero-order chi connectivity index (χ0) is 19.3. The van der Waals surface area contributed by atoms with Crippen LogP contribution in [0.2, 0.25) is 0 Å². The van der Waals surface area contributed by atoms with E-state index in [9.17, 15) is 4.39 Å². The van der Waals surface area contributed by atoms with Crippen molar-refractivity contribution in [1.29, 1.82) is 0 Å². The average molecular weight is 377 g/mol. The van der Waals surface area contributed by atoms with Crippen molar-refractivity contribution in [3.8, 4) is 0 Å². The Kier molecular flexibility index (Phi) is 6.71. The fraction of sp³-hybridized carbons (Fsp3) is 0.667. The molecule has 0 amide bonds. The third-order valence-corrected chi connectivity index (χ3v) is 5.46. The SMILES string of the molecule is CN=C(NCC1CN(CC(C)C)CCO1)NCC1(c2ccccc2F)CC1. The first-order valence-corrected chi connectivity index (χ1v) is 10.1. The Morgan fingerprint density at radius 2 is 2.11 bits per heavy atom. The molecular weight excluding hydrogens is 343 g/mol. The van der Waals surface area contributed by atoms with Gasteiger partial charge in [-0.2, -0.15) is 0 Å². The van der Waals surface area contributed by atoms with E-state index < -0.39 is 0 Å². The van der Waals surface area contributed by atoms with E-state index in [1.54, 1.807) is 19.2 Å². The zero-order valence-electron chi connectivity index (χ0n) is 16.8. The maximum atomic E-state index is 14.2. The number of guanidine groups is 1. The van der Waals surface area contributed by atoms with Gasteiger partial charge in [0, 0.05) is 45.2 Å². The monoisotopic (exact) mass is 376 g/mol. The van der Waals surface area contributed by atoms with Gasteiger partial charge in [-0.15, -0.1) is 0 Å². The van der Waals surface area contributed by atoms with Crippen LogP contribution < -0.4 is 10.6 Å². The summed E-state index contributed by atoms with van der Waals surface area (Å²) in [4.78, 5) is 6.78. The maximum absolute atomic E-state index is 14.2. The van der Waals surface area contributed by atoms with Crippen molar-refractivity contribution in [1.82, 2.24) is 15.5 Å². The van der Waals surface area contributed by atoms with Crippen LogP contribution in [0.3, 0.4) is 0 Å². The standard InChI is InChI=1S/C21H33FN4O/c1-16(2)13-26-10-11-27-17(14-26)12-24-20(23-3)25-15-21(8-9-21)18-6-4-5-7-19(18)22/h4-7,16-17H,8-15H2,1-3H3,(H2,23,24,25). The van der Waals surface area contributed by atoms with Crippen LogP contribution in [-0.4, -0.2) is 63.3 Å². The number of aliphatic imine (C=N–C) groups is 1. The number of hydrogen-bond donors (Lipinski definition) is 2. The molecule has 2 aliphatic rings. The quantitative estimate of drug-likeness (QED) is 0.567. The van der Waals surface area contributed by atoms with E-state index in [0.29, 0.717) is 12.5 Å². The van der Waals surface area contributed by atoms with Crippen molar-refractivity contribution in [3.63, 3.8) is 0 Å². The van der Waals surface area contributed by atoms with Crippen molar-refractivity contribution in [2.24, 2.45) is 10.9 Å². The molecule has 1 saturated carbocycles. The van der Waals surface area contributed by atoms with Gasteiger partial charge in [-0.3, -0.25) is 9.89 Å². The van der Waals surface area contributed by atoms with Crippen molar-refractivity contribution >= 4 is 5.96 Å². The normalized spacial score (nSPS) is 22.7. The third kappa shape index (κ3) is 5.42. The summed E-state index contributed by atoms with van der Waals surface area (Å²) in [7, 11) is 1.77. The highest BCUT2D eigenvalue weighted by atomic mass is 19.1. The smallest absolute Gasteiger partial charge is 0.191 e. The minimum atomic E-state index is -0.111. The van der Waals surface area contributed by atoms with Gasteiger partial charge in [-0.25, -0.2) is 4.39 Å². The van der Waals surface area contributed by atoms with Gasteiger partial charge in [0.2, 0.25) is 0 Å². The van der Waals surface area contributed by atoms with Crippen LogP contribution in [0.1, 0.15) is 32.3 Å². The largest absolute Gasteiger partial charge is 0.374 e. The Bertz CT molecular complexity index is 645. The molecule has 0 radical (unpaired) electrons. The lowest BCUT2D eigenvalue weighted by Crippen LogP contribution is -2.50. The lowest BCUT2D eigenvalue weighted by atomic mass is 9.95. The molecule has 1 aliphatic carbocycles. The number of rotatable bonds is 7. The van der Waals surface area contributed by atoms with E-state index in [0.717, 1.165) is 57.2 Å². The molecule has 1 atom stereocenters. The second kappa shape index (κ2) is 9.02. The summed E-state index contributed by atoms with van der Waals surface area (Å²) in [6, 6.07) is 7.11. The molecule has 2 fully saturated rings. The summed E-state index contributed by atoms with van der Waals surface area (Å²) in [5, 5.41) is 6.76. The molecule has 1 unspecified atom stereocenters. The van der Waals surface area contributed by atoms with Gasteiger partial charge < -0.3 is 15.4 Å². The molecule has 3 rings (SSSR count). The first-order chi connectivity index (χ1) is 13.0. The highest BCUT2D eigenvalue weighted by Crippen LogP contribution is 2.48. The van der Waals surface area contributed by atoms with Gasteiger partial charge in [0.15, 0.2) is 5.96 Å². The second-order valence-electron chi connectivity index (χ2n) is 8.21. The first kappa shape index (κ1) is 20.1. The maximum Gasteiger partial charge on any atom is 0.191 e. The van der Waals surface area contributed by atoms with Crippen LogP contribution in [0.15, 0.2) is 29.3 Å². The summed E-state index contributed by atoms with van der Waals surface area (Å²) in [5.41, 5.74) is 0.714. The minimum Gasteiger partial charge on any atom is -0.374 e. The Labute approximate surface area is 162 Å². The van der Waals surface area contributed by atoms with Gasteiger partial charge in [0.25, 0.3) is 0 Å². The van der Waals surface area contributed by atoms with Crippen LogP contribution in [0.25, 0.3) is 0 Å². The van der Waals surface area contributed by atoms with Crippen molar-refractivity contribution in [3.05, 3.63) is 35.6 Å². The van der Waals surface area contributed by atoms with Gasteiger partial charge in [-0.1, -0.05) is 32.0 Å². The van der Waals surface area contributed by atoms with Gasteiger partial charge in [0.1, 0.15) is 5.82 Å². The lowest BCUT2D eigenvalue weighted by molar-refractivity contribution is -0.0284. The molecule has 1 aromatic rings. The Morgan fingerprint density at radius 3 is 2.78 bits per heavy atom. The molecule has 5 nitrogen and oxygen atoms in total. The molecule has 150 valence electrons. The number of nitrogens with zero attached hydrogens (tertiary/aromatic N) is 2. The molecular formula is C21H33FN4O. The van der Waals surface area contributed by atoms with E-state index in [1.165, 1.54) is 0 Å². The number of benzene rings is 1. The third-order valence-electron chi connectivity index (χ3n) is 5.46. The summed E-state index contributed by atoms with van der Waals surface area (Å²) >= 11 is 0. The van der Waals surface area contributed by atoms with Crippen LogP contribution in [0.4, 0.5) is 4.39 Å². The molecule has 0 aromatic heterocycles. The molecule has 0 spiro atoms. The molecule has 1 heterocycles. The number of ether oxygens (including phenoxy) is 1. The number of halogens is 1. The Balaban J connectivity index is 1.47. The molecule has 27 heavy (non-hydrogen) atoms. The van der Waals surface area contributed by atoms with Crippen LogP contribution in [0, 0.1) is 11.7 Å². The highest BCUT2D eigenvalue weighted by molar-refractivity contribution is 5.79. The predicted molar refractivity (Wildman–Crippen MR) is 108 cm³/mol. The van der Waals surface area contributed by atoms with Crippen molar-refractivity contribution < 1.29 is 9.13 Å². The molecule has 1 saturated heterocycles. The molecule has 0 bridgehead atoms. The minimum absolute atomic E-state index is 0.0988. The highest BCUT2D eigenvalue weighted by Gasteiger charge is 2.45. The number of nitrogens with one attached hydrogen (secondary N) is 2. The summed E-state index contributed by atoms with van der Waals surface area (Å²) < 4.78 is 20.0. The second-order valence-corrected chi connectivity index (χ2v) is 8.21. The van der Waals surface area contributed by atoms with Crippen LogP contribution in [0.5, 0.6) is 0 Å². The van der Waals surface area contributed by atoms with E-state index in [1.807, 2.05) is 12.1 Å². The number of hydrogen-bond acceptors (Lipinski definition) is 3. The van der Waals surface area contributed by atoms with Gasteiger partial charge in [0.05, 0.1) is 12.7 Å². The molecule has 1 aromatic carbocycles. The zero-order valence-corrected chi connectivity index (χ0v) is 16.8. The molecule has 1 aliphatic heterocycles. The van der Waals surface area contributed by atoms with E-state index in [2.05, 4.69) is 34.4 Å². The summed E-state index contributed by atoms with van der Waals surface area (Å²) in [5.74, 6) is 1.31. The van der Waals surface area contributed by atoms with Crippen molar-refractivity contribution in [2.45, 2.75) is 38.2 Å². The summed E-state index contributed by atoms with van der Waals surface area (Å²) in [6.45, 7) is 9.75. The van der Waals surface area contributed by atoms with Crippen LogP contribution >= 0.6 is 0 Å². The molecule has 2 N–H and O–H groups in total. The molecule has 6 heteroatoms. The van der Waals surface area contributed by atoms with E-state index >= 15 is 0 Å². The summed E-state index contributed by atoms with van der Waals surface area (Å²) in [6.07, 6.45) is 2.18. The van der Waals surface area contributed by atoms with Crippen molar-refractivity contribution in [2.75, 3.05) is 46.4 Å².